The lowest BCUT2D eigenvalue weighted by molar-refractivity contribution is -0.120. The van der Waals surface area contributed by atoms with E-state index in [0.717, 1.165) is 11.5 Å². The van der Waals surface area contributed by atoms with Crippen molar-refractivity contribution in [1.82, 2.24) is 0 Å². The summed E-state index contributed by atoms with van der Waals surface area (Å²) in [4.78, 5) is 1.19. The Morgan fingerprint density at radius 1 is 1.06 bits per heavy atom. The molecule has 0 saturated heterocycles. The van der Waals surface area contributed by atoms with Crippen LogP contribution in [0.25, 0.3) is 0 Å². The van der Waals surface area contributed by atoms with Crippen LogP contribution in [0.15, 0.2) is 29.2 Å². The van der Waals surface area contributed by atoms with Crippen LogP contribution in [0.5, 0.6) is 5.75 Å². The van der Waals surface area contributed by atoms with Crippen LogP contribution in [0.2, 0.25) is 0 Å². The number of benzene rings is 1. The third-order valence-electron chi connectivity index (χ3n) is 2.15. The zero-order chi connectivity index (χ0) is 12.5. The maximum Gasteiger partial charge on any atom is 0.166 e. The summed E-state index contributed by atoms with van der Waals surface area (Å²) in [5.74, 6) is 1.68. The van der Waals surface area contributed by atoms with Crippen molar-refractivity contribution in [2.75, 3.05) is 26.1 Å². The van der Waals surface area contributed by atoms with Crippen molar-refractivity contribution >= 4 is 11.8 Å². The predicted molar refractivity (Wildman–Crippen MR) is 70.8 cm³/mol. The summed E-state index contributed by atoms with van der Waals surface area (Å²) >= 11 is 1.72. The predicted octanol–water partition coefficient (Wildman–Crippen LogP) is 3.19. The first-order chi connectivity index (χ1) is 8.30. The molecule has 0 spiro atoms. The van der Waals surface area contributed by atoms with Gasteiger partial charge in [0, 0.05) is 23.9 Å². The summed E-state index contributed by atoms with van der Waals surface area (Å²) in [6.45, 7) is 5.30. The van der Waals surface area contributed by atoms with E-state index in [0.29, 0.717) is 13.2 Å². The number of methoxy groups -OCH3 is 1. The standard InChI is InChI=1S/C13H20O3S/c1-4-15-13(16-5-2)10-17-12-8-6-11(14-3)7-9-12/h6-9,13H,4-5,10H2,1-3H3. The molecule has 4 heteroatoms. The second-order valence-electron chi connectivity index (χ2n) is 3.33. The van der Waals surface area contributed by atoms with Gasteiger partial charge in [0.1, 0.15) is 5.75 Å². The molecule has 0 amide bonds. The van der Waals surface area contributed by atoms with E-state index in [9.17, 15) is 0 Å². The molecule has 0 aliphatic rings. The Hall–Kier alpha value is -0.710. The molecule has 0 radical (unpaired) electrons. The van der Waals surface area contributed by atoms with E-state index in [1.54, 1.807) is 18.9 Å². The SMILES string of the molecule is CCOC(CSc1ccc(OC)cc1)OCC. The number of thioether (sulfide) groups is 1. The van der Waals surface area contributed by atoms with Gasteiger partial charge in [-0.1, -0.05) is 0 Å². The van der Waals surface area contributed by atoms with Gasteiger partial charge < -0.3 is 14.2 Å². The summed E-state index contributed by atoms with van der Waals surface area (Å²) in [7, 11) is 1.67. The fourth-order valence-electron chi connectivity index (χ4n) is 1.35. The minimum atomic E-state index is -0.128. The van der Waals surface area contributed by atoms with Crippen molar-refractivity contribution in [3.8, 4) is 5.75 Å². The molecule has 0 fully saturated rings. The molecule has 17 heavy (non-hydrogen) atoms. The molecular formula is C13H20O3S. The van der Waals surface area contributed by atoms with E-state index < -0.39 is 0 Å². The van der Waals surface area contributed by atoms with E-state index in [4.69, 9.17) is 14.2 Å². The molecule has 96 valence electrons. The van der Waals surface area contributed by atoms with Crippen LogP contribution in [-0.4, -0.2) is 32.4 Å². The van der Waals surface area contributed by atoms with Gasteiger partial charge in [0.15, 0.2) is 6.29 Å². The van der Waals surface area contributed by atoms with Crippen LogP contribution < -0.4 is 4.74 Å². The van der Waals surface area contributed by atoms with Gasteiger partial charge in [-0.15, -0.1) is 11.8 Å². The minimum absolute atomic E-state index is 0.128. The molecule has 0 unspecified atom stereocenters. The molecule has 1 rings (SSSR count). The molecule has 0 aliphatic carbocycles. The Kier molecular flexibility index (Phi) is 7.08. The minimum Gasteiger partial charge on any atom is -0.497 e. The average Bonchev–Trinajstić information content (AvgIpc) is 2.37. The number of hydrogen-bond donors (Lipinski definition) is 0. The molecule has 0 saturated carbocycles. The van der Waals surface area contributed by atoms with E-state index in [1.165, 1.54) is 4.90 Å². The van der Waals surface area contributed by atoms with Gasteiger partial charge in [0.2, 0.25) is 0 Å². The van der Waals surface area contributed by atoms with Crippen LogP contribution in [0, 0.1) is 0 Å². The summed E-state index contributed by atoms with van der Waals surface area (Å²) in [5.41, 5.74) is 0. The van der Waals surface area contributed by atoms with Gasteiger partial charge in [-0.2, -0.15) is 0 Å². The Labute approximate surface area is 107 Å². The second-order valence-corrected chi connectivity index (χ2v) is 4.42. The number of hydrogen-bond acceptors (Lipinski definition) is 4. The molecule has 0 atom stereocenters. The van der Waals surface area contributed by atoms with Gasteiger partial charge >= 0.3 is 0 Å². The first-order valence-corrected chi connectivity index (χ1v) is 6.78. The monoisotopic (exact) mass is 256 g/mol. The third kappa shape index (κ3) is 5.44. The van der Waals surface area contributed by atoms with Gasteiger partial charge in [-0.25, -0.2) is 0 Å². The van der Waals surface area contributed by atoms with Crippen LogP contribution in [0.4, 0.5) is 0 Å². The van der Waals surface area contributed by atoms with Crippen LogP contribution in [0.3, 0.4) is 0 Å². The fraction of sp³-hybridized carbons (Fsp3) is 0.538. The highest BCUT2D eigenvalue weighted by molar-refractivity contribution is 7.99. The molecule has 1 aromatic carbocycles. The molecule has 0 heterocycles. The molecule has 3 nitrogen and oxygen atoms in total. The van der Waals surface area contributed by atoms with Gasteiger partial charge in [-0.05, 0) is 38.1 Å². The maximum atomic E-state index is 5.48. The first kappa shape index (κ1) is 14.4. The second kappa shape index (κ2) is 8.39. The van der Waals surface area contributed by atoms with E-state index in [-0.39, 0.29) is 6.29 Å². The Morgan fingerprint density at radius 2 is 1.65 bits per heavy atom. The Morgan fingerprint density at radius 3 is 2.12 bits per heavy atom. The molecule has 1 aromatic rings. The van der Waals surface area contributed by atoms with Gasteiger partial charge in [-0.3, -0.25) is 0 Å². The zero-order valence-electron chi connectivity index (χ0n) is 10.6. The van der Waals surface area contributed by atoms with Gasteiger partial charge in [0.05, 0.1) is 7.11 Å². The Bertz CT molecular complexity index is 294. The lowest BCUT2D eigenvalue weighted by Crippen LogP contribution is -2.19. The van der Waals surface area contributed by atoms with Crippen molar-refractivity contribution in [3.63, 3.8) is 0 Å². The highest BCUT2D eigenvalue weighted by Crippen LogP contribution is 2.22. The topological polar surface area (TPSA) is 27.7 Å². The zero-order valence-corrected chi connectivity index (χ0v) is 11.5. The van der Waals surface area contributed by atoms with E-state index >= 15 is 0 Å². The van der Waals surface area contributed by atoms with Crippen molar-refractivity contribution in [2.45, 2.75) is 25.0 Å². The van der Waals surface area contributed by atoms with Crippen molar-refractivity contribution in [1.29, 1.82) is 0 Å². The maximum absolute atomic E-state index is 5.48. The van der Waals surface area contributed by atoms with Crippen molar-refractivity contribution in [3.05, 3.63) is 24.3 Å². The van der Waals surface area contributed by atoms with Crippen molar-refractivity contribution < 1.29 is 14.2 Å². The highest BCUT2D eigenvalue weighted by atomic mass is 32.2. The lowest BCUT2D eigenvalue weighted by atomic mass is 10.3. The molecule has 0 aliphatic heterocycles. The summed E-state index contributed by atoms with van der Waals surface area (Å²) in [5, 5.41) is 0. The normalized spacial score (nSPS) is 10.8. The first-order valence-electron chi connectivity index (χ1n) is 5.80. The van der Waals surface area contributed by atoms with Crippen LogP contribution >= 0.6 is 11.8 Å². The van der Waals surface area contributed by atoms with Crippen molar-refractivity contribution in [2.24, 2.45) is 0 Å². The fourth-order valence-corrected chi connectivity index (χ4v) is 2.20. The van der Waals surface area contributed by atoms with E-state index in [2.05, 4.69) is 0 Å². The van der Waals surface area contributed by atoms with Crippen LogP contribution in [-0.2, 0) is 9.47 Å². The number of rotatable bonds is 8. The molecular weight excluding hydrogens is 236 g/mol. The summed E-state index contributed by atoms with van der Waals surface area (Å²) < 4.78 is 16.1. The highest BCUT2D eigenvalue weighted by Gasteiger charge is 2.08. The van der Waals surface area contributed by atoms with E-state index in [1.807, 2.05) is 38.1 Å². The van der Waals surface area contributed by atoms with Gasteiger partial charge in [0.25, 0.3) is 0 Å². The quantitative estimate of drug-likeness (QED) is 0.527. The average molecular weight is 256 g/mol. The largest absolute Gasteiger partial charge is 0.497 e. The molecule has 0 bridgehead atoms. The Balaban J connectivity index is 2.41. The summed E-state index contributed by atoms with van der Waals surface area (Å²) in [6.07, 6.45) is -0.128. The summed E-state index contributed by atoms with van der Waals surface area (Å²) in [6, 6.07) is 7.99. The third-order valence-corrected chi connectivity index (χ3v) is 3.19. The lowest BCUT2D eigenvalue weighted by Gasteiger charge is -2.16. The molecule has 0 aromatic heterocycles. The van der Waals surface area contributed by atoms with Crippen LogP contribution in [0.1, 0.15) is 13.8 Å². The smallest absolute Gasteiger partial charge is 0.166 e. The molecule has 0 N–H and O–H groups in total. The number of ether oxygens (including phenoxy) is 3.